The lowest BCUT2D eigenvalue weighted by Gasteiger charge is -2.38. The Hall–Kier alpha value is -4.54. The fourth-order valence-electron chi connectivity index (χ4n) is 4.71. The highest BCUT2D eigenvalue weighted by atomic mass is 19.4. The van der Waals surface area contributed by atoms with Gasteiger partial charge in [0.15, 0.2) is 17.5 Å². The summed E-state index contributed by atoms with van der Waals surface area (Å²) in [7, 11) is 1.22. The van der Waals surface area contributed by atoms with Crippen LogP contribution in [-0.4, -0.2) is 30.7 Å². The first-order valence-electron chi connectivity index (χ1n) is 12.3. The van der Waals surface area contributed by atoms with Crippen molar-refractivity contribution in [1.82, 2.24) is 10.2 Å². The average Bonchev–Trinajstić information content (AvgIpc) is 3.41. The third-order valence-corrected chi connectivity index (χ3v) is 6.72. The fraction of sp³-hybridized carbons (Fsp3) is 0.241. The van der Waals surface area contributed by atoms with E-state index in [-0.39, 0.29) is 37.0 Å². The summed E-state index contributed by atoms with van der Waals surface area (Å²) in [5.74, 6) is 0.272. The summed E-state index contributed by atoms with van der Waals surface area (Å²) < 4.78 is 71.1. The third kappa shape index (κ3) is 5.45. The number of hydrogen-bond donors (Lipinski definition) is 1. The summed E-state index contributed by atoms with van der Waals surface area (Å²) in [5.41, 5.74) is 1.04. The summed E-state index contributed by atoms with van der Waals surface area (Å²) in [6.07, 6.45) is -4.58. The number of esters is 1. The molecule has 0 aliphatic carbocycles. The Morgan fingerprint density at radius 3 is 2.52 bits per heavy atom. The van der Waals surface area contributed by atoms with Crippen LogP contribution in [0.3, 0.4) is 0 Å². The van der Waals surface area contributed by atoms with Gasteiger partial charge in [-0.25, -0.2) is 14.2 Å². The molecule has 3 aromatic carbocycles. The predicted molar refractivity (Wildman–Crippen MR) is 138 cm³/mol. The van der Waals surface area contributed by atoms with Gasteiger partial charge in [0.05, 0.1) is 37.4 Å². The Labute approximate surface area is 227 Å². The first-order valence-corrected chi connectivity index (χ1v) is 12.3. The van der Waals surface area contributed by atoms with E-state index in [0.29, 0.717) is 22.8 Å². The number of rotatable bonds is 6. The molecule has 0 fully saturated rings. The second-order valence-corrected chi connectivity index (χ2v) is 9.19. The fourth-order valence-corrected chi connectivity index (χ4v) is 4.71. The number of nitrogens with one attached hydrogen (secondary N) is 1. The number of benzene rings is 3. The van der Waals surface area contributed by atoms with E-state index in [4.69, 9.17) is 19.2 Å². The second-order valence-electron chi connectivity index (χ2n) is 9.19. The molecule has 0 spiro atoms. The van der Waals surface area contributed by atoms with Gasteiger partial charge in [0, 0.05) is 5.70 Å². The SMILES string of the molecule is COC(=O)C1=C(C)N(Cc2ccccc2C(F)(F)F)C(=NCc2ccc3c(c2)OCO3)NC1c1ccc(F)cc1. The molecule has 40 heavy (non-hydrogen) atoms. The molecular formula is C29H25F4N3O4. The van der Waals surface area contributed by atoms with E-state index >= 15 is 0 Å². The molecule has 7 nitrogen and oxygen atoms in total. The molecular weight excluding hydrogens is 530 g/mol. The first-order chi connectivity index (χ1) is 19.2. The molecule has 1 unspecified atom stereocenters. The van der Waals surface area contributed by atoms with E-state index in [1.54, 1.807) is 19.1 Å². The molecule has 0 amide bonds. The monoisotopic (exact) mass is 555 g/mol. The van der Waals surface area contributed by atoms with E-state index in [1.165, 1.54) is 54.5 Å². The van der Waals surface area contributed by atoms with Crippen molar-refractivity contribution < 1.29 is 36.6 Å². The number of fused-ring (bicyclic) bond motifs is 1. The van der Waals surface area contributed by atoms with Gasteiger partial charge in [0.1, 0.15) is 5.82 Å². The van der Waals surface area contributed by atoms with Crippen molar-refractivity contribution in [2.45, 2.75) is 32.2 Å². The molecule has 11 heteroatoms. The van der Waals surface area contributed by atoms with Crippen molar-refractivity contribution in [1.29, 1.82) is 0 Å². The minimum absolute atomic E-state index is 0.00335. The summed E-state index contributed by atoms with van der Waals surface area (Å²) in [4.78, 5) is 19.2. The molecule has 5 rings (SSSR count). The maximum atomic E-state index is 13.8. The van der Waals surface area contributed by atoms with Crippen LogP contribution in [0.1, 0.15) is 35.2 Å². The van der Waals surface area contributed by atoms with Gasteiger partial charge < -0.3 is 24.4 Å². The lowest BCUT2D eigenvalue weighted by molar-refractivity contribution is -0.139. The number of halogens is 4. The van der Waals surface area contributed by atoms with E-state index in [2.05, 4.69) is 5.32 Å². The maximum absolute atomic E-state index is 13.8. The zero-order valence-corrected chi connectivity index (χ0v) is 21.6. The van der Waals surface area contributed by atoms with E-state index in [1.807, 2.05) is 6.07 Å². The summed E-state index contributed by atoms with van der Waals surface area (Å²) in [6.45, 7) is 1.65. The van der Waals surface area contributed by atoms with Crippen LogP contribution in [0.5, 0.6) is 11.5 Å². The third-order valence-electron chi connectivity index (χ3n) is 6.72. The first kappa shape index (κ1) is 27.0. The van der Waals surface area contributed by atoms with Crippen molar-refractivity contribution in [2.24, 2.45) is 4.99 Å². The highest BCUT2D eigenvalue weighted by molar-refractivity contribution is 5.96. The number of alkyl halides is 3. The minimum Gasteiger partial charge on any atom is -0.466 e. The van der Waals surface area contributed by atoms with Crippen LogP contribution in [0.2, 0.25) is 0 Å². The molecule has 2 heterocycles. The number of allylic oxidation sites excluding steroid dienone is 1. The Morgan fingerprint density at radius 1 is 1.07 bits per heavy atom. The van der Waals surface area contributed by atoms with Gasteiger partial charge in [-0.1, -0.05) is 36.4 Å². The normalized spacial score (nSPS) is 17.7. The molecule has 0 saturated carbocycles. The molecule has 208 valence electrons. The quantitative estimate of drug-likeness (QED) is 0.310. The number of guanidine groups is 1. The second kappa shape index (κ2) is 10.9. The molecule has 1 N–H and O–H groups in total. The van der Waals surface area contributed by atoms with Crippen LogP contribution in [0.25, 0.3) is 0 Å². The molecule has 3 aromatic rings. The number of methoxy groups -OCH3 is 1. The Balaban J connectivity index is 1.60. The lowest BCUT2D eigenvalue weighted by Crippen LogP contribution is -2.49. The van der Waals surface area contributed by atoms with E-state index in [9.17, 15) is 22.4 Å². The largest absolute Gasteiger partial charge is 0.466 e. The van der Waals surface area contributed by atoms with Gasteiger partial charge in [-0.15, -0.1) is 0 Å². The minimum atomic E-state index is -4.58. The van der Waals surface area contributed by atoms with Crippen LogP contribution < -0.4 is 14.8 Å². The Morgan fingerprint density at radius 2 is 1.80 bits per heavy atom. The molecule has 2 aliphatic rings. The van der Waals surface area contributed by atoms with Crippen molar-refractivity contribution in [3.63, 3.8) is 0 Å². The van der Waals surface area contributed by atoms with Crippen molar-refractivity contribution in [2.75, 3.05) is 13.9 Å². The molecule has 0 radical (unpaired) electrons. The van der Waals surface area contributed by atoms with Crippen LogP contribution in [0.4, 0.5) is 17.6 Å². The van der Waals surface area contributed by atoms with Gasteiger partial charge >= 0.3 is 12.1 Å². The number of nitrogens with zero attached hydrogens (tertiary/aromatic N) is 2. The topological polar surface area (TPSA) is 72.4 Å². The van der Waals surface area contributed by atoms with Crippen molar-refractivity contribution >= 4 is 11.9 Å². The van der Waals surface area contributed by atoms with Crippen molar-refractivity contribution in [3.8, 4) is 11.5 Å². The van der Waals surface area contributed by atoms with Crippen molar-refractivity contribution in [3.05, 3.63) is 106 Å². The molecule has 0 aromatic heterocycles. The van der Waals surface area contributed by atoms with Gasteiger partial charge in [0.25, 0.3) is 0 Å². The van der Waals surface area contributed by atoms with Gasteiger partial charge in [-0.2, -0.15) is 13.2 Å². The summed E-state index contributed by atoms with van der Waals surface area (Å²) >= 11 is 0. The molecule has 1 atom stereocenters. The Bertz CT molecular complexity index is 1490. The molecule has 0 saturated heterocycles. The van der Waals surface area contributed by atoms with Crippen LogP contribution in [-0.2, 0) is 28.8 Å². The summed E-state index contributed by atoms with van der Waals surface area (Å²) in [5, 5.41) is 3.19. The van der Waals surface area contributed by atoms with Gasteiger partial charge in [0.2, 0.25) is 6.79 Å². The highest BCUT2D eigenvalue weighted by Gasteiger charge is 2.38. The van der Waals surface area contributed by atoms with E-state index < -0.39 is 29.6 Å². The lowest BCUT2D eigenvalue weighted by atomic mass is 9.94. The van der Waals surface area contributed by atoms with Gasteiger partial charge in [-0.3, -0.25) is 0 Å². The average molecular weight is 556 g/mol. The van der Waals surface area contributed by atoms with E-state index in [0.717, 1.165) is 11.6 Å². The number of carbonyl (C=O) groups is 1. The summed E-state index contributed by atoms with van der Waals surface area (Å²) in [6, 6.07) is 15.3. The predicted octanol–water partition coefficient (Wildman–Crippen LogP) is 5.72. The molecule has 0 bridgehead atoms. The zero-order valence-electron chi connectivity index (χ0n) is 21.6. The highest BCUT2D eigenvalue weighted by Crippen LogP contribution is 2.36. The smallest absolute Gasteiger partial charge is 0.416 e. The number of aliphatic imine (C=N–C) groups is 1. The standard InChI is InChI=1S/C29H25F4N3O4/c1-17-25(27(37)38-2)26(19-8-10-21(30)11-9-19)35-28(34-14-18-7-12-23-24(13-18)40-16-39-23)36(17)15-20-5-3-4-6-22(20)29(31,32)33/h3-13,26H,14-16H2,1-2H3,(H,34,35). The molecule has 2 aliphatic heterocycles. The van der Waals surface area contributed by atoms with Crippen LogP contribution >= 0.6 is 0 Å². The van der Waals surface area contributed by atoms with Crippen LogP contribution in [0.15, 0.2) is 83.0 Å². The van der Waals surface area contributed by atoms with Gasteiger partial charge in [-0.05, 0) is 53.9 Å². The number of carbonyl (C=O) groups excluding carboxylic acids is 1. The Kier molecular flexibility index (Phi) is 7.38. The number of hydrogen-bond acceptors (Lipinski definition) is 5. The van der Waals surface area contributed by atoms with Crippen LogP contribution in [0, 0.1) is 5.82 Å². The zero-order chi connectivity index (χ0) is 28.4. The number of ether oxygens (including phenoxy) is 3. The maximum Gasteiger partial charge on any atom is 0.416 e.